The van der Waals surface area contributed by atoms with Crippen LogP contribution in [0.5, 0.6) is 5.75 Å². The maximum atomic E-state index is 12.0. The lowest BCUT2D eigenvalue weighted by Crippen LogP contribution is -2.24. The quantitative estimate of drug-likeness (QED) is 0.674. The Morgan fingerprint density at radius 1 is 1.39 bits per heavy atom. The number of rotatable bonds is 5. The minimum absolute atomic E-state index is 0.0194. The Kier molecular flexibility index (Phi) is 5.12. The summed E-state index contributed by atoms with van der Waals surface area (Å²) in [4.78, 5) is 20.4. The Bertz CT molecular complexity index is 706. The number of hydrogen-bond donors (Lipinski definition) is 1. The van der Waals surface area contributed by atoms with Crippen molar-refractivity contribution in [2.45, 2.75) is 31.5 Å². The molecule has 1 amide bonds. The number of thioether (sulfide) groups is 1. The molecule has 2 aromatic rings. The van der Waals surface area contributed by atoms with Gasteiger partial charge < -0.3 is 10.1 Å². The van der Waals surface area contributed by atoms with Gasteiger partial charge in [-0.1, -0.05) is 23.9 Å². The smallest absolute Gasteiger partial charge is 0.230 e. The van der Waals surface area contributed by atoms with Gasteiger partial charge in [0, 0.05) is 18.4 Å². The van der Waals surface area contributed by atoms with Gasteiger partial charge in [0.05, 0.1) is 12.4 Å². The molecule has 1 aliphatic heterocycles. The molecule has 5 nitrogen and oxygen atoms in total. The summed E-state index contributed by atoms with van der Waals surface area (Å²) in [6.07, 6.45) is 3.80. The lowest BCUT2D eigenvalue weighted by atomic mass is 10.0. The van der Waals surface area contributed by atoms with E-state index in [4.69, 9.17) is 4.74 Å². The highest BCUT2D eigenvalue weighted by molar-refractivity contribution is 7.99. The number of hydrogen-bond acceptors (Lipinski definition) is 5. The first-order valence-corrected chi connectivity index (χ1v) is 8.63. The number of benzene rings is 1. The van der Waals surface area contributed by atoms with Crippen LogP contribution in [0.25, 0.3) is 0 Å². The van der Waals surface area contributed by atoms with E-state index < -0.39 is 0 Å². The average Bonchev–Trinajstić information content (AvgIpc) is 2.58. The van der Waals surface area contributed by atoms with Crippen LogP contribution in [-0.2, 0) is 17.8 Å². The van der Waals surface area contributed by atoms with Crippen molar-refractivity contribution in [3.8, 4) is 5.75 Å². The first kappa shape index (κ1) is 15.8. The Labute approximate surface area is 139 Å². The minimum Gasteiger partial charge on any atom is -0.493 e. The van der Waals surface area contributed by atoms with Crippen molar-refractivity contribution >= 4 is 17.7 Å². The fraction of sp³-hybridized carbons (Fsp3) is 0.353. The van der Waals surface area contributed by atoms with E-state index in [9.17, 15) is 4.79 Å². The largest absolute Gasteiger partial charge is 0.493 e. The van der Waals surface area contributed by atoms with Crippen molar-refractivity contribution in [2.75, 3.05) is 12.4 Å². The van der Waals surface area contributed by atoms with Crippen LogP contribution in [0, 0.1) is 6.92 Å². The number of ether oxygens (including phenoxy) is 1. The molecule has 1 aromatic carbocycles. The number of carbonyl (C=O) groups is 1. The SMILES string of the molecule is Cc1ccnc(SCC(=O)NCc2ccc3c(c2)CCCO3)n1. The maximum absolute atomic E-state index is 12.0. The Hall–Kier alpha value is -2.08. The average molecular weight is 329 g/mol. The number of nitrogens with zero attached hydrogens (tertiary/aromatic N) is 2. The van der Waals surface area contributed by atoms with E-state index >= 15 is 0 Å². The zero-order valence-electron chi connectivity index (χ0n) is 13.0. The molecule has 0 fully saturated rings. The maximum Gasteiger partial charge on any atom is 0.230 e. The van der Waals surface area contributed by atoms with Gasteiger partial charge in [-0.25, -0.2) is 9.97 Å². The van der Waals surface area contributed by atoms with Gasteiger partial charge in [0.15, 0.2) is 5.16 Å². The zero-order valence-corrected chi connectivity index (χ0v) is 13.9. The standard InChI is InChI=1S/C17H19N3O2S/c1-12-6-7-18-17(20-12)23-11-16(21)19-10-13-4-5-15-14(9-13)3-2-8-22-15/h4-7,9H,2-3,8,10-11H2,1H3,(H,19,21). The van der Waals surface area contributed by atoms with E-state index in [1.54, 1.807) is 6.20 Å². The second kappa shape index (κ2) is 7.46. The van der Waals surface area contributed by atoms with Gasteiger partial charge >= 0.3 is 0 Å². The van der Waals surface area contributed by atoms with Crippen LogP contribution in [0.2, 0.25) is 0 Å². The number of aromatic nitrogens is 2. The molecule has 1 aromatic heterocycles. The van der Waals surface area contributed by atoms with E-state index in [1.165, 1.54) is 17.3 Å². The fourth-order valence-corrected chi connectivity index (χ4v) is 3.11. The van der Waals surface area contributed by atoms with Crippen LogP contribution in [0.1, 0.15) is 23.2 Å². The fourth-order valence-electron chi connectivity index (χ4n) is 2.40. The van der Waals surface area contributed by atoms with Crippen molar-refractivity contribution in [1.82, 2.24) is 15.3 Å². The van der Waals surface area contributed by atoms with Crippen LogP contribution in [0.4, 0.5) is 0 Å². The van der Waals surface area contributed by atoms with Gasteiger partial charge in [0.2, 0.25) is 5.91 Å². The molecule has 0 radical (unpaired) electrons. The highest BCUT2D eigenvalue weighted by Crippen LogP contribution is 2.25. The molecule has 0 saturated carbocycles. The highest BCUT2D eigenvalue weighted by atomic mass is 32.2. The number of amides is 1. The molecule has 2 heterocycles. The Morgan fingerprint density at radius 3 is 3.17 bits per heavy atom. The third kappa shape index (κ3) is 4.45. The van der Waals surface area contributed by atoms with Crippen LogP contribution in [-0.4, -0.2) is 28.2 Å². The monoisotopic (exact) mass is 329 g/mol. The summed E-state index contributed by atoms with van der Waals surface area (Å²) in [5, 5.41) is 3.57. The molecule has 0 saturated heterocycles. The van der Waals surface area contributed by atoms with Gasteiger partial charge in [-0.05, 0) is 43.0 Å². The molecule has 1 aliphatic rings. The number of fused-ring (bicyclic) bond motifs is 1. The molecule has 23 heavy (non-hydrogen) atoms. The van der Waals surface area contributed by atoms with E-state index in [0.29, 0.717) is 17.5 Å². The predicted molar refractivity (Wildman–Crippen MR) is 89.6 cm³/mol. The Morgan fingerprint density at radius 2 is 2.30 bits per heavy atom. The summed E-state index contributed by atoms with van der Waals surface area (Å²) in [5.74, 6) is 1.27. The van der Waals surface area contributed by atoms with Gasteiger partial charge in [-0.3, -0.25) is 4.79 Å². The number of aryl methyl sites for hydroxylation is 2. The second-order valence-corrected chi connectivity index (χ2v) is 6.38. The third-order valence-electron chi connectivity index (χ3n) is 3.57. The van der Waals surface area contributed by atoms with Crippen LogP contribution in [0.3, 0.4) is 0 Å². The predicted octanol–water partition coefficient (Wildman–Crippen LogP) is 2.52. The molecule has 1 N–H and O–H groups in total. The number of nitrogens with one attached hydrogen (secondary N) is 1. The third-order valence-corrected chi connectivity index (χ3v) is 4.43. The van der Waals surface area contributed by atoms with E-state index in [1.807, 2.05) is 25.1 Å². The minimum atomic E-state index is -0.0194. The molecule has 0 spiro atoms. The molecule has 0 bridgehead atoms. The highest BCUT2D eigenvalue weighted by Gasteiger charge is 2.11. The summed E-state index contributed by atoms with van der Waals surface area (Å²) in [5.41, 5.74) is 3.23. The zero-order chi connectivity index (χ0) is 16.1. The first-order chi connectivity index (χ1) is 11.2. The van der Waals surface area contributed by atoms with Gasteiger partial charge in [0.1, 0.15) is 5.75 Å². The Balaban J connectivity index is 1.49. The van der Waals surface area contributed by atoms with E-state index in [2.05, 4.69) is 21.4 Å². The van der Waals surface area contributed by atoms with Crippen LogP contribution >= 0.6 is 11.8 Å². The van der Waals surface area contributed by atoms with E-state index in [-0.39, 0.29) is 5.91 Å². The van der Waals surface area contributed by atoms with Crippen molar-refractivity contribution in [3.05, 3.63) is 47.3 Å². The number of carbonyl (C=O) groups excluding carboxylic acids is 1. The van der Waals surface area contributed by atoms with Crippen molar-refractivity contribution in [2.24, 2.45) is 0 Å². The summed E-state index contributed by atoms with van der Waals surface area (Å²) in [7, 11) is 0. The second-order valence-electron chi connectivity index (χ2n) is 5.44. The molecule has 0 atom stereocenters. The topological polar surface area (TPSA) is 64.1 Å². The molecule has 6 heteroatoms. The summed E-state index contributed by atoms with van der Waals surface area (Å²) < 4.78 is 5.60. The van der Waals surface area contributed by atoms with Crippen molar-refractivity contribution in [1.29, 1.82) is 0 Å². The molecule has 0 aliphatic carbocycles. The molecule has 0 unspecified atom stereocenters. The molecular weight excluding hydrogens is 310 g/mol. The van der Waals surface area contributed by atoms with Crippen molar-refractivity contribution < 1.29 is 9.53 Å². The van der Waals surface area contributed by atoms with Gasteiger partial charge in [-0.15, -0.1) is 0 Å². The first-order valence-electron chi connectivity index (χ1n) is 7.64. The van der Waals surface area contributed by atoms with Crippen LogP contribution in [0.15, 0.2) is 35.6 Å². The summed E-state index contributed by atoms with van der Waals surface area (Å²) in [6, 6.07) is 7.95. The van der Waals surface area contributed by atoms with E-state index in [0.717, 1.165) is 36.5 Å². The molecule has 3 rings (SSSR count). The molecular formula is C17H19N3O2S. The van der Waals surface area contributed by atoms with Crippen LogP contribution < -0.4 is 10.1 Å². The lowest BCUT2D eigenvalue weighted by Gasteiger charge is -2.18. The molecule has 120 valence electrons. The van der Waals surface area contributed by atoms with Crippen molar-refractivity contribution in [3.63, 3.8) is 0 Å². The lowest BCUT2D eigenvalue weighted by molar-refractivity contribution is -0.118. The normalized spacial score (nSPS) is 13.1. The summed E-state index contributed by atoms with van der Waals surface area (Å²) in [6.45, 7) is 3.23. The summed E-state index contributed by atoms with van der Waals surface area (Å²) >= 11 is 1.35. The van der Waals surface area contributed by atoms with Gasteiger partial charge in [-0.2, -0.15) is 0 Å². The van der Waals surface area contributed by atoms with Gasteiger partial charge in [0.25, 0.3) is 0 Å².